The van der Waals surface area contributed by atoms with Crippen LogP contribution < -0.4 is 20.1 Å². The summed E-state index contributed by atoms with van der Waals surface area (Å²) in [6.45, 7) is -2.06. The van der Waals surface area contributed by atoms with Gasteiger partial charge < -0.3 is 20.1 Å². The quantitative estimate of drug-likeness (QED) is 0.533. The van der Waals surface area contributed by atoms with Gasteiger partial charge in [-0.15, -0.1) is 0 Å². The Bertz CT molecular complexity index is 858. The van der Waals surface area contributed by atoms with Gasteiger partial charge in [0.25, 0.3) is 0 Å². The lowest BCUT2D eigenvalue weighted by molar-refractivity contribution is -0.154. The van der Waals surface area contributed by atoms with Gasteiger partial charge >= 0.3 is 12.4 Å². The second-order valence-corrected chi connectivity index (χ2v) is 7.55. The summed E-state index contributed by atoms with van der Waals surface area (Å²) in [7, 11) is 0. The molecule has 2 unspecified atom stereocenters. The minimum absolute atomic E-state index is 0.00541. The van der Waals surface area contributed by atoms with E-state index in [9.17, 15) is 26.3 Å². The molecule has 1 aliphatic rings. The molecule has 32 heavy (non-hydrogen) atoms. The fourth-order valence-electron chi connectivity index (χ4n) is 3.61. The third-order valence-corrected chi connectivity index (χ3v) is 5.00. The van der Waals surface area contributed by atoms with Crippen molar-refractivity contribution < 1.29 is 35.8 Å². The molecule has 1 heterocycles. The molecule has 2 atom stereocenters. The molecule has 2 aromatic rings. The molecule has 1 fully saturated rings. The second-order valence-electron chi connectivity index (χ2n) is 7.55. The molecule has 0 bridgehead atoms. The third-order valence-electron chi connectivity index (χ3n) is 5.00. The van der Waals surface area contributed by atoms with Gasteiger partial charge in [-0.05, 0) is 43.1 Å². The monoisotopic (exact) mass is 462 g/mol. The number of hydrogen-bond donors (Lipinski definition) is 2. The summed E-state index contributed by atoms with van der Waals surface area (Å²) in [4.78, 5) is 0. The Kier molecular flexibility index (Phi) is 7.89. The third kappa shape index (κ3) is 7.59. The topological polar surface area (TPSA) is 42.5 Å². The zero-order valence-corrected chi connectivity index (χ0v) is 17.1. The maximum Gasteiger partial charge on any atom is 0.422 e. The average molecular weight is 462 g/mol. The van der Waals surface area contributed by atoms with Crippen molar-refractivity contribution in [1.82, 2.24) is 10.6 Å². The van der Waals surface area contributed by atoms with Crippen LogP contribution in [0.4, 0.5) is 26.3 Å². The van der Waals surface area contributed by atoms with Crippen molar-refractivity contribution in [3.05, 3.63) is 59.7 Å². The normalized spacial score (nSPS) is 19.6. The maximum atomic E-state index is 12.6. The van der Waals surface area contributed by atoms with Gasteiger partial charge in [0.2, 0.25) is 0 Å². The molecule has 0 saturated carbocycles. The van der Waals surface area contributed by atoms with Gasteiger partial charge in [-0.1, -0.05) is 30.3 Å². The van der Waals surface area contributed by atoms with Gasteiger partial charge in [-0.3, -0.25) is 0 Å². The van der Waals surface area contributed by atoms with E-state index in [4.69, 9.17) is 9.47 Å². The number of benzene rings is 2. The van der Waals surface area contributed by atoms with Gasteiger partial charge in [-0.2, -0.15) is 26.3 Å². The molecule has 176 valence electrons. The van der Waals surface area contributed by atoms with Crippen molar-refractivity contribution in [2.24, 2.45) is 0 Å². The van der Waals surface area contributed by atoms with E-state index in [0.717, 1.165) is 31.0 Å². The molecule has 0 amide bonds. The molecule has 4 nitrogen and oxygen atoms in total. The van der Waals surface area contributed by atoms with Crippen LogP contribution in [0.3, 0.4) is 0 Å². The zero-order chi connectivity index (χ0) is 23.2. The highest BCUT2D eigenvalue weighted by Gasteiger charge is 2.30. The molecule has 2 aromatic carbocycles. The first-order valence-electron chi connectivity index (χ1n) is 10.1. The second kappa shape index (κ2) is 10.4. The van der Waals surface area contributed by atoms with E-state index in [0.29, 0.717) is 0 Å². The molecular formula is C22H24F6N2O2. The van der Waals surface area contributed by atoms with E-state index in [1.165, 1.54) is 12.1 Å². The lowest BCUT2D eigenvalue weighted by Gasteiger charge is -2.34. The van der Waals surface area contributed by atoms with E-state index in [-0.39, 0.29) is 35.7 Å². The van der Waals surface area contributed by atoms with Crippen molar-refractivity contribution in [3.63, 3.8) is 0 Å². The Morgan fingerprint density at radius 3 is 2.28 bits per heavy atom. The summed E-state index contributed by atoms with van der Waals surface area (Å²) in [6, 6.07) is 13.3. The minimum Gasteiger partial charge on any atom is -0.484 e. The van der Waals surface area contributed by atoms with Crippen molar-refractivity contribution in [2.45, 2.75) is 43.8 Å². The highest BCUT2D eigenvalue weighted by molar-refractivity contribution is 5.40. The summed E-state index contributed by atoms with van der Waals surface area (Å²) in [5, 5.41) is 6.76. The molecular weight excluding hydrogens is 438 g/mol. The summed E-state index contributed by atoms with van der Waals surface area (Å²) < 4.78 is 84.9. The first-order valence-corrected chi connectivity index (χ1v) is 10.1. The summed E-state index contributed by atoms with van der Waals surface area (Å²) in [5.74, 6) is -0.158. The van der Waals surface area contributed by atoms with Crippen LogP contribution in [-0.2, 0) is 6.54 Å². The van der Waals surface area contributed by atoms with Crippen molar-refractivity contribution in [2.75, 3.05) is 19.8 Å². The smallest absolute Gasteiger partial charge is 0.422 e. The Morgan fingerprint density at radius 2 is 1.59 bits per heavy atom. The van der Waals surface area contributed by atoms with E-state index >= 15 is 0 Å². The van der Waals surface area contributed by atoms with Gasteiger partial charge in [0.05, 0.1) is 0 Å². The van der Waals surface area contributed by atoms with Crippen LogP contribution in [0.5, 0.6) is 11.5 Å². The predicted molar refractivity (Wildman–Crippen MR) is 107 cm³/mol. The first kappa shape index (κ1) is 24.2. The van der Waals surface area contributed by atoms with Gasteiger partial charge in [0, 0.05) is 24.2 Å². The highest BCUT2D eigenvalue weighted by atomic mass is 19.4. The van der Waals surface area contributed by atoms with Crippen molar-refractivity contribution >= 4 is 0 Å². The van der Waals surface area contributed by atoms with E-state index in [1.807, 2.05) is 30.3 Å². The van der Waals surface area contributed by atoms with Gasteiger partial charge in [-0.25, -0.2) is 0 Å². The van der Waals surface area contributed by atoms with Crippen LogP contribution >= 0.6 is 0 Å². The maximum absolute atomic E-state index is 12.6. The molecule has 1 saturated heterocycles. The van der Waals surface area contributed by atoms with Crippen LogP contribution in [0, 0.1) is 0 Å². The number of rotatable bonds is 8. The fraction of sp³-hybridized carbons (Fsp3) is 0.455. The summed E-state index contributed by atoms with van der Waals surface area (Å²) in [6.07, 6.45) is -7.33. The number of halogens is 6. The highest BCUT2D eigenvalue weighted by Crippen LogP contribution is 2.29. The summed E-state index contributed by atoms with van der Waals surface area (Å²) in [5.41, 5.74) is 1.35. The van der Waals surface area contributed by atoms with Crippen LogP contribution in [0.25, 0.3) is 0 Å². The molecule has 0 aliphatic carbocycles. The Balaban J connectivity index is 1.75. The largest absolute Gasteiger partial charge is 0.484 e. The molecule has 3 rings (SSSR count). The van der Waals surface area contributed by atoms with E-state index < -0.39 is 25.6 Å². The number of nitrogens with one attached hydrogen (secondary N) is 2. The van der Waals surface area contributed by atoms with Gasteiger partial charge in [0.1, 0.15) is 11.5 Å². The van der Waals surface area contributed by atoms with E-state index in [1.54, 1.807) is 0 Å². The molecule has 0 radical (unpaired) electrons. The number of piperidine rings is 1. The molecule has 10 heteroatoms. The number of alkyl halides is 6. The van der Waals surface area contributed by atoms with Crippen LogP contribution in [-0.4, -0.2) is 38.2 Å². The predicted octanol–water partition coefficient (Wildman–Crippen LogP) is 5.15. The number of ether oxygens (including phenoxy) is 2. The Morgan fingerprint density at radius 1 is 0.906 bits per heavy atom. The van der Waals surface area contributed by atoms with E-state index in [2.05, 4.69) is 10.6 Å². The lowest BCUT2D eigenvalue weighted by Crippen LogP contribution is -2.45. The fourth-order valence-corrected chi connectivity index (χ4v) is 3.61. The van der Waals surface area contributed by atoms with Crippen molar-refractivity contribution in [3.8, 4) is 11.5 Å². The van der Waals surface area contributed by atoms with Crippen LogP contribution in [0.1, 0.15) is 30.0 Å². The molecule has 0 spiro atoms. The number of hydrogen-bond acceptors (Lipinski definition) is 4. The van der Waals surface area contributed by atoms with Gasteiger partial charge in [0.15, 0.2) is 13.2 Å². The van der Waals surface area contributed by atoms with Crippen molar-refractivity contribution in [1.29, 1.82) is 0 Å². The zero-order valence-electron chi connectivity index (χ0n) is 17.1. The first-order chi connectivity index (χ1) is 15.1. The minimum atomic E-state index is -4.54. The Labute approximate surface area is 181 Å². The molecule has 2 N–H and O–H groups in total. The summed E-state index contributed by atoms with van der Waals surface area (Å²) >= 11 is 0. The SMILES string of the molecule is FC(F)(F)COc1ccc(OCC(F)(F)F)c(CNC2CCCNC2c2ccccc2)c1. The molecule has 1 aliphatic heterocycles. The average Bonchev–Trinajstić information content (AvgIpc) is 2.75. The van der Waals surface area contributed by atoms with Crippen LogP contribution in [0.15, 0.2) is 48.5 Å². The lowest BCUT2D eigenvalue weighted by atomic mass is 9.92. The standard InChI is InChI=1S/C22H24F6N2O2/c23-21(24,25)13-31-17-8-9-19(32-14-22(26,27)28)16(11-17)12-30-18-7-4-10-29-20(18)15-5-2-1-3-6-15/h1-3,5-6,8-9,11,18,20,29-30H,4,7,10,12-14H2. The van der Waals surface area contributed by atoms with Crippen LogP contribution in [0.2, 0.25) is 0 Å². The Hall–Kier alpha value is -2.46. The molecule has 0 aromatic heterocycles.